The van der Waals surface area contributed by atoms with Crippen LogP contribution in [0.15, 0.2) is 18.5 Å². The highest BCUT2D eigenvalue weighted by molar-refractivity contribution is 8.14. The maximum Gasteiger partial charge on any atom is 0.337 e. The number of carboxylic acid groups (broad SMARTS) is 1. The molecule has 0 aromatic carbocycles. The van der Waals surface area contributed by atoms with Gasteiger partial charge in [0.2, 0.25) is 5.91 Å². The average molecular weight is 280 g/mol. The van der Waals surface area contributed by atoms with Crippen molar-refractivity contribution in [1.82, 2.24) is 4.98 Å². The quantitative estimate of drug-likeness (QED) is 0.894. The van der Waals surface area contributed by atoms with Crippen LogP contribution < -0.4 is 4.90 Å². The fourth-order valence-corrected chi connectivity index (χ4v) is 2.92. The summed E-state index contributed by atoms with van der Waals surface area (Å²) in [5.74, 6) is -1.29. The fourth-order valence-electron chi connectivity index (χ4n) is 2.00. The molecule has 0 aliphatic carbocycles. The molecule has 1 aromatic rings. The van der Waals surface area contributed by atoms with Crippen molar-refractivity contribution in [3.63, 3.8) is 0 Å². The van der Waals surface area contributed by atoms with E-state index in [-0.39, 0.29) is 33.9 Å². The zero-order valence-electron chi connectivity index (χ0n) is 10.2. The molecule has 1 saturated heterocycles. The molecule has 0 bridgehead atoms. The Balaban J connectivity index is 2.26. The number of aromatic nitrogens is 1. The summed E-state index contributed by atoms with van der Waals surface area (Å²) in [7, 11) is 0. The standard InChI is InChI=1S/C12H12N2O4S/c1-7(15)19-8-4-11(16)14(6-8)10-5-13-3-2-9(10)12(17)18/h2-3,5,8H,4,6H2,1H3,(H,17,18). The molecule has 1 N–H and O–H groups in total. The average Bonchev–Trinajstić information content (AvgIpc) is 2.69. The Bertz CT molecular complexity index is 546. The lowest BCUT2D eigenvalue weighted by atomic mass is 10.2. The van der Waals surface area contributed by atoms with Crippen LogP contribution in [-0.2, 0) is 9.59 Å². The van der Waals surface area contributed by atoms with Gasteiger partial charge in [-0.15, -0.1) is 0 Å². The predicted octanol–water partition coefficient (Wildman–Crippen LogP) is 1.16. The van der Waals surface area contributed by atoms with Gasteiger partial charge in [0.1, 0.15) is 0 Å². The highest BCUT2D eigenvalue weighted by Crippen LogP contribution is 2.30. The number of rotatable bonds is 3. The van der Waals surface area contributed by atoms with Gasteiger partial charge in [0, 0.05) is 31.3 Å². The number of hydrogen-bond donors (Lipinski definition) is 1. The van der Waals surface area contributed by atoms with E-state index in [0.29, 0.717) is 6.54 Å². The molecule has 0 spiro atoms. The van der Waals surface area contributed by atoms with E-state index in [4.69, 9.17) is 5.11 Å². The van der Waals surface area contributed by atoms with Gasteiger partial charge in [-0.05, 0) is 6.07 Å². The summed E-state index contributed by atoms with van der Waals surface area (Å²) >= 11 is 1.11. The minimum atomic E-state index is -1.10. The Morgan fingerprint density at radius 3 is 2.89 bits per heavy atom. The summed E-state index contributed by atoms with van der Waals surface area (Å²) in [4.78, 5) is 39.3. The minimum absolute atomic E-state index is 0.0387. The summed E-state index contributed by atoms with van der Waals surface area (Å²) in [6.45, 7) is 1.78. The molecule has 1 amide bonds. The summed E-state index contributed by atoms with van der Waals surface area (Å²) < 4.78 is 0. The number of carbonyl (C=O) groups is 3. The Morgan fingerprint density at radius 1 is 1.53 bits per heavy atom. The van der Waals surface area contributed by atoms with Crippen LogP contribution >= 0.6 is 11.8 Å². The molecular weight excluding hydrogens is 268 g/mol. The lowest BCUT2D eigenvalue weighted by Crippen LogP contribution is -2.27. The number of carboxylic acids is 1. The molecule has 1 unspecified atom stereocenters. The highest BCUT2D eigenvalue weighted by Gasteiger charge is 2.33. The van der Waals surface area contributed by atoms with Gasteiger partial charge < -0.3 is 10.0 Å². The third kappa shape index (κ3) is 2.93. The van der Waals surface area contributed by atoms with Gasteiger partial charge in [0.25, 0.3) is 0 Å². The van der Waals surface area contributed by atoms with Crippen LogP contribution in [0.5, 0.6) is 0 Å². The summed E-state index contributed by atoms with van der Waals surface area (Å²) in [6.07, 6.45) is 2.97. The number of aromatic carboxylic acids is 1. The van der Waals surface area contributed by atoms with Crippen LogP contribution in [0.1, 0.15) is 23.7 Å². The van der Waals surface area contributed by atoms with Crippen molar-refractivity contribution in [2.75, 3.05) is 11.4 Å². The molecular formula is C12H12N2O4S. The van der Waals surface area contributed by atoms with E-state index in [1.165, 1.54) is 30.3 Å². The first-order chi connectivity index (χ1) is 8.99. The molecule has 19 heavy (non-hydrogen) atoms. The second kappa shape index (κ2) is 5.40. The van der Waals surface area contributed by atoms with E-state index in [2.05, 4.69) is 4.98 Å². The van der Waals surface area contributed by atoms with Gasteiger partial charge in [0.15, 0.2) is 5.12 Å². The van der Waals surface area contributed by atoms with Gasteiger partial charge in [-0.3, -0.25) is 14.6 Å². The second-order valence-electron chi connectivity index (χ2n) is 4.14. The number of pyridine rings is 1. The van der Waals surface area contributed by atoms with Crippen LogP contribution in [-0.4, -0.2) is 38.9 Å². The molecule has 7 heteroatoms. The molecule has 1 aliphatic heterocycles. The van der Waals surface area contributed by atoms with Crippen molar-refractivity contribution in [3.8, 4) is 0 Å². The van der Waals surface area contributed by atoms with Crippen molar-refractivity contribution in [3.05, 3.63) is 24.0 Å². The Labute approximate surface area is 113 Å². The number of amides is 1. The third-order valence-electron chi connectivity index (χ3n) is 2.74. The normalized spacial score (nSPS) is 18.7. The van der Waals surface area contributed by atoms with E-state index in [1.807, 2.05) is 0 Å². The first-order valence-corrected chi connectivity index (χ1v) is 6.52. The Morgan fingerprint density at radius 2 is 2.26 bits per heavy atom. The lowest BCUT2D eigenvalue weighted by Gasteiger charge is -2.17. The van der Waals surface area contributed by atoms with Crippen LogP contribution in [0.4, 0.5) is 5.69 Å². The van der Waals surface area contributed by atoms with Crippen LogP contribution in [0.2, 0.25) is 0 Å². The third-order valence-corrected chi connectivity index (χ3v) is 3.72. The molecule has 1 aliphatic rings. The van der Waals surface area contributed by atoms with Crippen LogP contribution in [0.25, 0.3) is 0 Å². The number of anilines is 1. The van der Waals surface area contributed by atoms with Gasteiger partial charge in [-0.25, -0.2) is 4.79 Å². The molecule has 0 saturated carbocycles. The summed E-state index contributed by atoms with van der Waals surface area (Å²) in [5.41, 5.74) is 0.323. The molecule has 0 radical (unpaired) electrons. The molecule has 1 atom stereocenters. The second-order valence-corrected chi connectivity index (χ2v) is 5.62. The minimum Gasteiger partial charge on any atom is -0.478 e. The summed E-state index contributed by atoms with van der Waals surface area (Å²) in [6, 6.07) is 1.36. The van der Waals surface area contributed by atoms with Crippen molar-refractivity contribution in [1.29, 1.82) is 0 Å². The maximum atomic E-state index is 11.9. The predicted molar refractivity (Wildman–Crippen MR) is 70.2 cm³/mol. The van der Waals surface area contributed by atoms with E-state index < -0.39 is 5.97 Å². The van der Waals surface area contributed by atoms with Crippen molar-refractivity contribution in [2.45, 2.75) is 18.6 Å². The zero-order chi connectivity index (χ0) is 14.0. The van der Waals surface area contributed by atoms with E-state index in [9.17, 15) is 14.4 Å². The lowest BCUT2D eigenvalue weighted by molar-refractivity contribution is -0.117. The van der Waals surface area contributed by atoms with Crippen LogP contribution in [0.3, 0.4) is 0 Å². The Hall–Kier alpha value is -1.89. The van der Waals surface area contributed by atoms with E-state index in [0.717, 1.165) is 11.8 Å². The number of carbonyl (C=O) groups excluding carboxylic acids is 2. The van der Waals surface area contributed by atoms with E-state index in [1.54, 1.807) is 0 Å². The highest BCUT2D eigenvalue weighted by atomic mass is 32.2. The van der Waals surface area contributed by atoms with Crippen LogP contribution in [0, 0.1) is 0 Å². The van der Waals surface area contributed by atoms with Crippen molar-refractivity contribution < 1.29 is 19.5 Å². The smallest absolute Gasteiger partial charge is 0.337 e. The molecule has 100 valence electrons. The first kappa shape index (κ1) is 13.5. The van der Waals surface area contributed by atoms with Gasteiger partial charge in [0.05, 0.1) is 17.4 Å². The largest absolute Gasteiger partial charge is 0.478 e. The summed E-state index contributed by atoms with van der Waals surface area (Å²) in [5, 5.41) is 8.91. The van der Waals surface area contributed by atoms with Crippen molar-refractivity contribution >= 4 is 34.4 Å². The van der Waals surface area contributed by atoms with Crippen molar-refractivity contribution in [2.24, 2.45) is 0 Å². The Kier molecular flexibility index (Phi) is 3.84. The first-order valence-electron chi connectivity index (χ1n) is 5.64. The molecule has 1 fully saturated rings. The number of hydrogen-bond acceptors (Lipinski definition) is 5. The zero-order valence-corrected chi connectivity index (χ0v) is 11.0. The molecule has 6 nitrogen and oxygen atoms in total. The fraction of sp³-hybridized carbons (Fsp3) is 0.333. The monoisotopic (exact) mass is 280 g/mol. The SMILES string of the molecule is CC(=O)SC1CC(=O)N(c2cnccc2C(=O)O)C1. The van der Waals surface area contributed by atoms with Gasteiger partial charge >= 0.3 is 5.97 Å². The molecule has 1 aromatic heterocycles. The van der Waals surface area contributed by atoms with E-state index >= 15 is 0 Å². The molecule has 2 rings (SSSR count). The van der Waals surface area contributed by atoms with Gasteiger partial charge in [-0.1, -0.05) is 11.8 Å². The topological polar surface area (TPSA) is 87.6 Å². The number of nitrogens with zero attached hydrogens (tertiary/aromatic N) is 2. The molecule has 2 heterocycles. The number of thioether (sulfide) groups is 1. The van der Waals surface area contributed by atoms with Gasteiger partial charge in [-0.2, -0.15) is 0 Å². The maximum absolute atomic E-state index is 11.9.